The molecule has 1 fully saturated rings. The molecule has 5 heteroatoms. The van der Waals surface area contributed by atoms with E-state index in [2.05, 4.69) is 25.3 Å². The Hall–Kier alpha value is -3.21. The third-order valence-electron chi connectivity index (χ3n) is 6.48. The zero-order valence-corrected chi connectivity index (χ0v) is 21.9. The first-order valence-corrected chi connectivity index (χ1v) is 12.2. The van der Waals surface area contributed by atoms with Gasteiger partial charge >= 0.3 is 0 Å². The van der Waals surface area contributed by atoms with Crippen LogP contribution >= 0.6 is 0 Å². The molecule has 2 heterocycles. The van der Waals surface area contributed by atoms with E-state index in [1.54, 1.807) is 31.0 Å². The maximum Gasteiger partial charge on any atom is 0.272 e. The first-order chi connectivity index (χ1) is 16.6. The highest BCUT2D eigenvalue weighted by Crippen LogP contribution is 2.39. The smallest absolute Gasteiger partial charge is 0.272 e. The summed E-state index contributed by atoms with van der Waals surface area (Å²) in [6.45, 7) is 19.3. The molecule has 2 aliphatic heterocycles. The maximum atomic E-state index is 14.4. The van der Waals surface area contributed by atoms with Crippen LogP contribution in [0.25, 0.3) is 0 Å². The van der Waals surface area contributed by atoms with Crippen LogP contribution in [0.5, 0.6) is 0 Å². The molecule has 0 aliphatic carbocycles. The number of nitrogens with zero attached hydrogens (tertiary/aromatic N) is 2. The Morgan fingerprint density at radius 1 is 1.17 bits per heavy atom. The zero-order chi connectivity index (χ0) is 26.3. The molecule has 1 unspecified atom stereocenters. The first kappa shape index (κ1) is 30.8. The number of benzene rings is 1. The van der Waals surface area contributed by atoms with Crippen LogP contribution in [0.15, 0.2) is 102 Å². The van der Waals surface area contributed by atoms with E-state index in [0.717, 1.165) is 18.9 Å². The summed E-state index contributed by atoms with van der Waals surface area (Å²) in [5, 5.41) is 0. The molecular formula is C31H42F2N2O. The Morgan fingerprint density at radius 2 is 1.78 bits per heavy atom. The Balaban J connectivity index is 0.00000211. The number of likely N-dealkylation sites (tertiary alicyclic amines) is 1. The normalized spacial score (nSPS) is 18.8. The molecule has 1 atom stereocenters. The largest absolute Gasteiger partial charge is 0.338 e. The third-order valence-corrected chi connectivity index (χ3v) is 6.48. The van der Waals surface area contributed by atoms with Gasteiger partial charge in [0.2, 0.25) is 0 Å². The number of halogens is 2. The summed E-state index contributed by atoms with van der Waals surface area (Å²) in [4.78, 5) is 16.8. The fraction of sp³-hybridized carbons (Fsp3) is 0.387. The van der Waals surface area contributed by atoms with Gasteiger partial charge in [-0.1, -0.05) is 76.9 Å². The molecule has 1 aromatic rings. The minimum absolute atomic E-state index is 0. The fourth-order valence-corrected chi connectivity index (χ4v) is 4.38. The summed E-state index contributed by atoms with van der Waals surface area (Å²) in [7, 11) is 0. The lowest BCUT2D eigenvalue weighted by molar-refractivity contribution is -0.126. The average molecular weight is 497 g/mol. The topological polar surface area (TPSA) is 23.6 Å². The molecule has 2 aliphatic rings. The SMILES string of the molecule is C.C=C/C(=C\C)C1=CN(/C(C)=C(\C)C(=O)N2CCC(c3ccccc3)C2)C(=C)C(C(C)(F)F)=C1.CC. The maximum absolute atomic E-state index is 14.4. The lowest BCUT2D eigenvalue weighted by Crippen LogP contribution is -2.32. The first-order valence-electron chi connectivity index (χ1n) is 12.2. The standard InChI is InChI=1S/C28H32F2N2O.C2H6.CH4/c1-7-22(8-2)25-16-26(28(6,29)30)21(5)32(18-25)20(4)19(3)27(33)31-15-14-24(17-31)23-12-10-9-11-13-23;1-2;/h7-13,16,18,24H,1,5,14-15,17H2,2-4,6H3;1-2H3;1H4/b20-19+,22-8+;;. The van der Waals surface area contributed by atoms with Gasteiger partial charge in [-0.15, -0.1) is 0 Å². The number of rotatable bonds is 6. The van der Waals surface area contributed by atoms with Gasteiger partial charge in [-0.25, -0.2) is 8.78 Å². The molecule has 0 spiro atoms. The molecule has 0 saturated carbocycles. The second-order valence-electron chi connectivity index (χ2n) is 8.65. The third kappa shape index (κ3) is 6.71. The fourth-order valence-electron chi connectivity index (χ4n) is 4.38. The van der Waals surface area contributed by atoms with Gasteiger partial charge in [-0.05, 0) is 50.0 Å². The minimum atomic E-state index is -3.08. The average Bonchev–Trinajstić information content (AvgIpc) is 3.35. The van der Waals surface area contributed by atoms with Gasteiger partial charge in [0.15, 0.2) is 0 Å². The van der Waals surface area contributed by atoms with Crippen LogP contribution in [0.2, 0.25) is 0 Å². The number of carbonyl (C=O) groups is 1. The number of allylic oxidation sites excluding steroid dienone is 7. The molecule has 3 rings (SSSR count). The molecular weight excluding hydrogens is 454 g/mol. The monoisotopic (exact) mass is 496 g/mol. The van der Waals surface area contributed by atoms with Gasteiger partial charge in [-0.2, -0.15) is 0 Å². The molecule has 196 valence electrons. The van der Waals surface area contributed by atoms with Gasteiger partial charge in [-0.3, -0.25) is 4.79 Å². The van der Waals surface area contributed by atoms with E-state index >= 15 is 0 Å². The van der Waals surface area contributed by atoms with E-state index in [1.807, 2.05) is 49.9 Å². The van der Waals surface area contributed by atoms with E-state index in [1.165, 1.54) is 11.6 Å². The zero-order valence-electron chi connectivity index (χ0n) is 21.9. The van der Waals surface area contributed by atoms with Crippen molar-refractivity contribution in [2.45, 2.75) is 67.2 Å². The van der Waals surface area contributed by atoms with Crippen LogP contribution in [0.1, 0.15) is 66.9 Å². The van der Waals surface area contributed by atoms with Crippen LogP contribution in [-0.2, 0) is 4.79 Å². The predicted molar refractivity (Wildman–Crippen MR) is 149 cm³/mol. The summed E-state index contributed by atoms with van der Waals surface area (Å²) < 4.78 is 28.9. The van der Waals surface area contributed by atoms with Gasteiger partial charge < -0.3 is 9.80 Å². The molecule has 36 heavy (non-hydrogen) atoms. The summed E-state index contributed by atoms with van der Waals surface area (Å²) in [6.07, 6.45) is 7.55. The van der Waals surface area contributed by atoms with Crippen LogP contribution < -0.4 is 0 Å². The Kier molecular flexibility index (Phi) is 11.3. The molecule has 0 radical (unpaired) electrons. The van der Waals surface area contributed by atoms with Crippen molar-refractivity contribution >= 4 is 5.91 Å². The van der Waals surface area contributed by atoms with Gasteiger partial charge in [0.1, 0.15) is 0 Å². The quantitative estimate of drug-likeness (QED) is 0.292. The summed E-state index contributed by atoms with van der Waals surface area (Å²) in [5.41, 5.74) is 3.65. The Bertz CT molecular complexity index is 1070. The highest BCUT2D eigenvalue weighted by atomic mass is 19.3. The van der Waals surface area contributed by atoms with Crippen molar-refractivity contribution in [1.29, 1.82) is 0 Å². The van der Waals surface area contributed by atoms with Crippen molar-refractivity contribution in [1.82, 2.24) is 9.80 Å². The number of carbonyl (C=O) groups excluding carboxylic acids is 1. The van der Waals surface area contributed by atoms with Gasteiger partial charge in [0, 0.05) is 54.7 Å². The number of hydrogen-bond donors (Lipinski definition) is 0. The minimum Gasteiger partial charge on any atom is -0.338 e. The van der Waals surface area contributed by atoms with Crippen molar-refractivity contribution in [3.8, 4) is 0 Å². The van der Waals surface area contributed by atoms with Gasteiger partial charge in [0.05, 0.1) is 0 Å². The predicted octanol–water partition coefficient (Wildman–Crippen LogP) is 8.39. The molecule has 1 saturated heterocycles. The van der Waals surface area contributed by atoms with Crippen LogP contribution in [0.3, 0.4) is 0 Å². The molecule has 0 bridgehead atoms. The van der Waals surface area contributed by atoms with Gasteiger partial charge in [0.25, 0.3) is 11.8 Å². The second kappa shape index (κ2) is 13.2. The van der Waals surface area contributed by atoms with Crippen molar-refractivity contribution in [3.63, 3.8) is 0 Å². The van der Waals surface area contributed by atoms with Crippen molar-refractivity contribution in [2.75, 3.05) is 13.1 Å². The second-order valence-corrected chi connectivity index (χ2v) is 8.65. The Labute approximate surface area is 216 Å². The van der Waals surface area contributed by atoms with Crippen molar-refractivity contribution < 1.29 is 13.6 Å². The highest BCUT2D eigenvalue weighted by molar-refractivity contribution is 5.94. The number of alkyl halides is 2. The summed E-state index contributed by atoms with van der Waals surface area (Å²) in [6, 6.07) is 10.2. The van der Waals surface area contributed by atoms with Crippen LogP contribution in [-0.4, -0.2) is 34.7 Å². The number of hydrogen-bond acceptors (Lipinski definition) is 2. The van der Waals surface area contributed by atoms with E-state index in [-0.39, 0.29) is 24.6 Å². The lowest BCUT2D eigenvalue weighted by atomic mass is 9.94. The lowest BCUT2D eigenvalue weighted by Gasteiger charge is -2.33. The molecule has 0 aromatic heterocycles. The van der Waals surface area contributed by atoms with E-state index in [9.17, 15) is 13.6 Å². The van der Waals surface area contributed by atoms with E-state index in [4.69, 9.17) is 0 Å². The summed E-state index contributed by atoms with van der Waals surface area (Å²) >= 11 is 0. The molecule has 3 nitrogen and oxygen atoms in total. The molecule has 1 aromatic carbocycles. The Morgan fingerprint density at radius 3 is 2.31 bits per heavy atom. The van der Waals surface area contributed by atoms with Crippen molar-refractivity contribution in [3.05, 3.63) is 107 Å². The molecule has 1 amide bonds. The highest BCUT2D eigenvalue weighted by Gasteiger charge is 2.35. The van der Waals surface area contributed by atoms with Crippen LogP contribution in [0, 0.1) is 0 Å². The molecule has 0 N–H and O–H groups in total. The summed E-state index contributed by atoms with van der Waals surface area (Å²) in [5.74, 6) is -2.86. The van der Waals surface area contributed by atoms with E-state index < -0.39 is 5.92 Å². The number of amides is 1. The van der Waals surface area contributed by atoms with E-state index in [0.29, 0.717) is 35.9 Å². The van der Waals surface area contributed by atoms with Crippen LogP contribution in [0.4, 0.5) is 8.78 Å². The van der Waals surface area contributed by atoms with Crippen molar-refractivity contribution in [2.24, 2.45) is 0 Å².